The highest BCUT2D eigenvalue weighted by atomic mass is 16.4. The number of aliphatic carboxylic acids is 1. The molecule has 1 heterocycles. The van der Waals surface area contributed by atoms with Gasteiger partial charge in [-0.1, -0.05) is 6.07 Å². The molecule has 2 rings (SSSR count). The number of anilines is 2. The lowest BCUT2D eigenvalue weighted by molar-refractivity contribution is -0.132. The largest absolute Gasteiger partial charge is 0.478 e. The Morgan fingerprint density at radius 1 is 1.15 bits per heavy atom. The van der Waals surface area contributed by atoms with Gasteiger partial charge in [0.1, 0.15) is 0 Å². The second-order valence-electron chi connectivity index (χ2n) is 4.58. The first-order chi connectivity index (χ1) is 9.56. The molecule has 6 nitrogen and oxygen atoms in total. The molecule has 106 valence electrons. The summed E-state index contributed by atoms with van der Waals surface area (Å²) in [5.74, 6) is -1.38. The number of hydrogen-bond acceptors (Lipinski definition) is 4. The lowest BCUT2D eigenvalue weighted by Crippen LogP contribution is -2.48. The number of benzene rings is 1. The summed E-state index contributed by atoms with van der Waals surface area (Å²) in [6, 6.07) is 7.62. The van der Waals surface area contributed by atoms with Crippen molar-refractivity contribution in [2.45, 2.75) is 0 Å². The molecule has 1 aromatic rings. The van der Waals surface area contributed by atoms with Crippen LogP contribution >= 0.6 is 0 Å². The van der Waals surface area contributed by atoms with Crippen molar-refractivity contribution >= 4 is 23.3 Å². The number of hydrogen-bond donors (Lipinski definition) is 2. The number of nitrogen functional groups attached to an aromatic ring is 1. The van der Waals surface area contributed by atoms with Gasteiger partial charge in [0.15, 0.2) is 0 Å². The van der Waals surface area contributed by atoms with Gasteiger partial charge in [0.2, 0.25) is 5.91 Å². The predicted octanol–water partition coefficient (Wildman–Crippen LogP) is 0.558. The summed E-state index contributed by atoms with van der Waals surface area (Å²) < 4.78 is 0. The van der Waals surface area contributed by atoms with Crippen LogP contribution in [0, 0.1) is 0 Å². The highest BCUT2D eigenvalue weighted by Gasteiger charge is 2.19. The summed E-state index contributed by atoms with van der Waals surface area (Å²) >= 11 is 0. The average Bonchev–Trinajstić information content (AvgIpc) is 2.45. The molecule has 6 heteroatoms. The molecule has 0 spiro atoms. The fraction of sp³-hybridized carbons (Fsp3) is 0.286. The fourth-order valence-electron chi connectivity index (χ4n) is 2.15. The lowest BCUT2D eigenvalue weighted by atomic mass is 10.2. The van der Waals surface area contributed by atoms with Crippen LogP contribution in [0.3, 0.4) is 0 Å². The zero-order chi connectivity index (χ0) is 14.5. The third-order valence-corrected chi connectivity index (χ3v) is 3.20. The van der Waals surface area contributed by atoms with Gasteiger partial charge in [-0.05, 0) is 18.2 Å². The number of carboxylic acid groups (broad SMARTS) is 1. The topological polar surface area (TPSA) is 86.9 Å². The van der Waals surface area contributed by atoms with Crippen LogP contribution in [0.5, 0.6) is 0 Å². The first kappa shape index (κ1) is 13.9. The molecule has 0 atom stereocenters. The molecule has 1 saturated heterocycles. The summed E-state index contributed by atoms with van der Waals surface area (Å²) in [5.41, 5.74) is 7.51. The van der Waals surface area contributed by atoms with Gasteiger partial charge in [0.25, 0.3) is 0 Å². The van der Waals surface area contributed by atoms with Crippen molar-refractivity contribution in [1.29, 1.82) is 0 Å². The molecule has 0 aliphatic carbocycles. The Morgan fingerprint density at radius 3 is 2.45 bits per heavy atom. The maximum absolute atomic E-state index is 11.7. The van der Waals surface area contributed by atoms with Crippen LogP contribution in [0.25, 0.3) is 0 Å². The number of nitrogens with zero attached hydrogens (tertiary/aromatic N) is 2. The highest BCUT2D eigenvalue weighted by Crippen LogP contribution is 2.19. The van der Waals surface area contributed by atoms with Crippen molar-refractivity contribution < 1.29 is 14.7 Å². The fourth-order valence-corrected chi connectivity index (χ4v) is 2.15. The molecular formula is C14H17N3O3. The molecule has 0 unspecified atom stereocenters. The smallest absolute Gasteiger partial charge is 0.328 e. The Hall–Kier alpha value is -2.50. The molecule has 1 amide bonds. The number of carboxylic acids is 1. The number of amides is 1. The van der Waals surface area contributed by atoms with E-state index < -0.39 is 5.97 Å². The van der Waals surface area contributed by atoms with Gasteiger partial charge in [0, 0.05) is 49.7 Å². The van der Waals surface area contributed by atoms with E-state index >= 15 is 0 Å². The van der Waals surface area contributed by atoms with Gasteiger partial charge in [-0.2, -0.15) is 0 Å². The zero-order valence-corrected chi connectivity index (χ0v) is 11.0. The minimum absolute atomic E-state index is 0.264. The van der Waals surface area contributed by atoms with E-state index in [2.05, 4.69) is 4.90 Å². The van der Waals surface area contributed by atoms with E-state index in [0.717, 1.165) is 17.8 Å². The van der Waals surface area contributed by atoms with E-state index in [1.54, 1.807) is 4.90 Å². The van der Waals surface area contributed by atoms with Crippen molar-refractivity contribution in [3.05, 3.63) is 36.4 Å². The summed E-state index contributed by atoms with van der Waals surface area (Å²) in [6.45, 7) is 2.54. The average molecular weight is 275 g/mol. The van der Waals surface area contributed by atoms with E-state index in [1.807, 2.05) is 24.3 Å². The van der Waals surface area contributed by atoms with Crippen molar-refractivity contribution in [2.75, 3.05) is 36.8 Å². The van der Waals surface area contributed by atoms with Gasteiger partial charge in [0.05, 0.1) is 0 Å². The second kappa shape index (κ2) is 6.10. The molecule has 3 N–H and O–H groups in total. The van der Waals surface area contributed by atoms with Crippen molar-refractivity contribution in [3.8, 4) is 0 Å². The summed E-state index contributed by atoms with van der Waals surface area (Å²) in [5, 5.41) is 8.50. The first-order valence-corrected chi connectivity index (χ1v) is 6.36. The van der Waals surface area contributed by atoms with Crippen molar-refractivity contribution in [1.82, 2.24) is 4.90 Å². The van der Waals surface area contributed by atoms with Crippen LogP contribution in [0.2, 0.25) is 0 Å². The van der Waals surface area contributed by atoms with Gasteiger partial charge in [-0.25, -0.2) is 4.79 Å². The maximum atomic E-state index is 11.7. The number of carbonyl (C=O) groups is 2. The van der Waals surface area contributed by atoms with E-state index in [9.17, 15) is 9.59 Å². The van der Waals surface area contributed by atoms with Gasteiger partial charge in [-0.3, -0.25) is 4.79 Å². The number of carbonyl (C=O) groups excluding carboxylic acids is 1. The predicted molar refractivity (Wildman–Crippen MR) is 76.4 cm³/mol. The van der Waals surface area contributed by atoms with Gasteiger partial charge < -0.3 is 20.6 Å². The Balaban J connectivity index is 1.92. The van der Waals surface area contributed by atoms with Crippen LogP contribution in [0.4, 0.5) is 11.4 Å². The SMILES string of the molecule is Nc1cccc(N2CCN(C(=O)/C=C/C(=O)O)CC2)c1. The van der Waals surface area contributed by atoms with E-state index in [4.69, 9.17) is 10.8 Å². The molecule has 0 radical (unpaired) electrons. The van der Waals surface area contributed by atoms with Crippen LogP contribution in [-0.4, -0.2) is 48.1 Å². The minimum Gasteiger partial charge on any atom is -0.478 e. The molecule has 0 saturated carbocycles. The molecule has 0 bridgehead atoms. The molecular weight excluding hydrogens is 258 g/mol. The Kier molecular flexibility index (Phi) is 4.24. The molecule has 1 aromatic carbocycles. The second-order valence-corrected chi connectivity index (χ2v) is 4.58. The molecule has 0 aromatic heterocycles. The van der Waals surface area contributed by atoms with Crippen LogP contribution < -0.4 is 10.6 Å². The third-order valence-electron chi connectivity index (χ3n) is 3.20. The Labute approximate surface area is 117 Å². The monoisotopic (exact) mass is 275 g/mol. The summed E-state index contributed by atoms with van der Waals surface area (Å²) in [6.07, 6.45) is 1.96. The molecule has 1 fully saturated rings. The molecule has 1 aliphatic heterocycles. The van der Waals surface area contributed by atoms with Crippen molar-refractivity contribution in [3.63, 3.8) is 0 Å². The zero-order valence-electron chi connectivity index (χ0n) is 11.0. The van der Waals surface area contributed by atoms with Gasteiger partial charge >= 0.3 is 5.97 Å². The van der Waals surface area contributed by atoms with E-state index in [1.165, 1.54) is 0 Å². The van der Waals surface area contributed by atoms with Crippen LogP contribution in [0.1, 0.15) is 0 Å². The number of piperazine rings is 1. The summed E-state index contributed by atoms with van der Waals surface area (Å²) in [4.78, 5) is 25.9. The minimum atomic E-state index is -1.11. The first-order valence-electron chi connectivity index (χ1n) is 6.36. The van der Waals surface area contributed by atoms with Crippen molar-refractivity contribution in [2.24, 2.45) is 0 Å². The molecule has 1 aliphatic rings. The Morgan fingerprint density at radius 2 is 1.85 bits per heavy atom. The molecule has 20 heavy (non-hydrogen) atoms. The quantitative estimate of drug-likeness (QED) is 0.621. The summed E-state index contributed by atoms with van der Waals surface area (Å²) in [7, 11) is 0. The Bertz CT molecular complexity index is 534. The normalized spacial score (nSPS) is 15.6. The number of nitrogens with two attached hydrogens (primary N) is 1. The lowest BCUT2D eigenvalue weighted by Gasteiger charge is -2.35. The third kappa shape index (κ3) is 3.50. The standard InChI is InChI=1S/C14H17N3O3/c15-11-2-1-3-12(10-11)16-6-8-17(9-7-16)13(18)4-5-14(19)20/h1-5,10H,6-9,15H2,(H,19,20)/b5-4+. The van der Waals surface area contributed by atoms with Crippen LogP contribution in [-0.2, 0) is 9.59 Å². The maximum Gasteiger partial charge on any atom is 0.328 e. The number of rotatable bonds is 3. The van der Waals surface area contributed by atoms with E-state index in [0.29, 0.717) is 31.9 Å². The highest BCUT2D eigenvalue weighted by molar-refractivity contribution is 5.94. The van der Waals surface area contributed by atoms with Crippen LogP contribution in [0.15, 0.2) is 36.4 Å². The van der Waals surface area contributed by atoms with Gasteiger partial charge in [-0.15, -0.1) is 0 Å². The van der Waals surface area contributed by atoms with E-state index in [-0.39, 0.29) is 5.91 Å².